The lowest BCUT2D eigenvalue weighted by molar-refractivity contribution is 0.418. The van der Waals surface area contributed by atoms with Gasteiger partial charge in [0.05, 0.1) is 0 Å². The molecule has 1 unspecified atom stereocenters. The first-order valence-corrected chi connectivity index (χ1v) is 7.58. The number of hydrogen-bond acceptors (Lipinski definition) is 2. The quantitative estimate of drug-likeness (QED) is 0.907. The number of nitrogens with zero attached hydrogens (tertiary/aromatic N) is 1. The molecule has 1 saturated heterocycles. The largest absolute Gasteiger partial charge is 0.371 e. The summed E-state index contributed by atoms with van der Waals surface area (Å²) in [5.41, 5.74) is 9.13. The fourth-order valence-corrected chi connectivity index (χ4v) is 2.97. The molecule has 19 heavy (non-hydrogen) atoms. The summed E-state index contributed by atoms with van der Waals surface area (Å²) in [5, 5.41) is 0.806. The highest BCUT2D eigenvalue weighted by atomic mass is 35.5. The molecule has 106 valence electrons. The van der Waals surface area contributed by atoms with Gasteiger partial charge >= 0.3 is 0 Å². The number of halogens is 1. The first kappa shape index (κ1) is 14.7. The molecule has 1 aromatic rings. The molecular formula is C16H25ClN2. The average Bonchev–Trinajstić information content (AvgIpc) is 2.69. The van der Waals surface area contributed by atoms with Gasteiger partial charge < -0.3 is 10.6 Å². The van der Waals surface area contributed by atoms with Crippen molar-refractivity contribution in [2.24, 2.45) is 11.1 Å². The summed E-state index contributed by atoms with van der Waals surface area (Å²) >= 11 is 6.15. The topological polar surface area (TPSA) is 29.3 Å². The lowest BCUT2D eigenvalue weighted by atomic mass is 9.93. The molecule has 1 fully saturated rings. The van der Waals surface area contributed by atoms with Gasteiger partial charge in [0.1, 0.15) is 0 Å². The van der Waals surface area contributed by atoms with Crippen molar-refractivity contribution < 1.29 is 0 Å². The second kappa shape index (κ2) is 5.72. The van der Waals surface area contributed by atoms with Crippen LogP contribution in [0.3, 0.4) is 0 Å². The molecule has 1 atom stereocenters. The van der Waals surface area contributed by atoms with E-state index in [1.165, 1.54) is 17.7 Å². The third-order valence-corrected chi connectivity index (χ3v) is 4.30. The van der Waals surface area contributed by atoms with E-state index in [2.05, 4.69) is 37.8 Å². The molecule has 0 saturated carbocycles. The highest BCUT2D eigenvalue weighted by molar-refractivity contribution is 6.30. The zero-order chi connectivity index (χ0) is 14.0. The van der Waals surface area contributed by atoms with Crippen LogP contribution in [-0.4, -0.2) is 19.1 Å². The minimum absolute atomic E-state index is 0.216. The molecule has 2 nitrogen and oxygen atoms in total. The Bertz CT molecular complexity index is 442. The summed E-state index contributed by atoms with van der Waals surface area (Å²) in [5.74, 6) is 0. The Balaban J connectivity index is 2.24. The van der Waals surface area contributed by atoms with Crippen molar-refractivity contribution in [3.63, 3.8) is 0 Å². The van der Waals surface area contributed by atoms with Crippen LogP contribution in [0, 0.1) is 5.41 Å². The van der Waals surface area contributed by atoms with Crippen molar-refractivity contribution in [1.29, 1.82) is 0 Å². The predicted octanol–water partition coefficient (Wildman–Crippen LogP) is 3.86. The van der Waals surface area contributed by atoms with Crippen LogP contribution in [0.15, 0.2) is 18.2 Å². The van der Waals surface area contributed by atoms with E-state index in [1.54, 1.807) is 0 Å². The van der Waals surface area contributed by atoms with Crippen LogP contribution in [0.4, 0.5) is 5.69 Å². The van der Waals surface area contributed by atoms with Crippen molar-refractivity contribution in [2.45, 2.75) is 46.1 Å². The van der Waals surface area contributed by atoms with E-state index in [-0.39, 0.29) is 6.04 Å². The standard InChI is InChI=1S/C16H25ClN2/c1-4-14(18)10-12-9-13(17)5-6-15(12)19-8-7-16(2,3)11-19/h5-6,9,14H,4,7-8,10-11,18H2,1-3H3. The van der Waals surface area contributed by atoms with Crippen molar-refractivity contribution in [3.8, 4) is 0 Å². The van der Waals surface area contributed by atoms with Crippen molar-refractivity contribution >= 4 is 17.3 Å². The van der Waals surface area contributed by atoms with Gasteiger partial charge in [0.25, 0.3) is 0 Å². The summed E-state index contributed by atoms with van der Waals surface area (Å²) in [4.78, 5) is 2.48. The lowest BCUT2D eigenvalue weighted by Crippen LogP contribution is -2.26. The van der Waals surface area contributed by atoms with E-state index < -0.39 is 0 Å². The van der Waals surface area contributed by atoms with Gasteiger partial charge in [-0.2, -0.15) is 0 Å². The molecule has 1 heterocycles. The highest BCUT2D eigenvalue weighted by Gasteiger charge is 2.30. The summed E-state index contributed by atoms with van der Waals surface area (Å²) in [7, 11) is 0. The third-order valence-electron chi connectivity index (χ3n) is 4.07. The normalized spacial score (nSPS) is 19.7. The van der Waals surface area contributed by atoms with E-state index in [0.717, 1.165) is 31.0 Å². The Morgan fingerprint density at radius 1 is 1.42 bits per heavy atom. The van der Waals surface area contributed by atoms with Gasteiger partial charge in [0, 0.05) is 29.8 Å². The number of anilines is 1. The molecule has 0 amide bonds. The van der Waals surface area contributed by atoms with Crippen molar-refractivity contribution in [1.82, 2.24) is 0 Å². The number of rotatable bonds is 4. The van der Waals surface area contributed by atoms with E-state index in [1.807, 2.05) is 6.07 Å². The van der Waals surface area contributed by atoms with Crippen LogP contribution in [0.5, 0.6) is 0 Å². The maximum absolute atomic E-state index is 6.15. The molecule has 1 aliphatic rings. The zero-order valence-electron chi connectivity index (χ0n) is 12.2. The third kappa shape index (κ3) is 3.64. The van der Waals surface area contributed by atoms with E-state index in [9.17, 15) is 0 Å². The molecule has 3 heteroatoms. The first-order chi connectivity index (χ1) is 8.91. The van der Waals surface area contributed by atoms with Gasteiger partial charge in [-0.15, -0.1) is 0 Å². The van der Waals surface area contributed by atoms with Crippen molar-refractivity contribution in [3.05, 3.63) is 28.8 Å². The predicted molar refractivity (Wildman–Crippen MR) is 84.0 cm³/mol. The molecule has 1 aliphatic heterocycles. The molecule has 0 spiro atoms. The first-order valence-electron chi connectivity index (χ1n) is 7.20. The molecule has 2 rings (SSSR count). The van der Waals surface area contributed by atoms with Crippen LogP contribution in [-0.2, 0) is 6.42 Å². The number of nitrogens with two attached hydrogens (primary N) is 1. The second-order valence-electron chi connectivity index (χ2n) is 6.48. The molecule has 0 radical (unpaired) electrons. The summed E-state index contributed by atoms with van der Waals surface area (Å²) in [6.07, 6.45) is 3.15. The van der Waals surface area contributed by atoms with Gasteiger partial charge in [-0.25, -0.2) is 0 Å². The fraction of sp³-hybridized carbons (Fsp3) is 0.625. The lowest BCUT2D eigenvalue weighted by Gasteiger charge is -2.25. The smallest absolute Gasteiger partial charge is 0.0410 e. The van der Waals surface area contributed by atoms with Gasteiger partial charge in [-0.3, -0.25) is 0 Å². The van der Waals surface area contributed by atoms with E-state index in [0.29, 0.717) is 5.41 Å². The summed E-state index contributed by atoms with van der Waals surface area (Å²) in [6, 6.07) is 6.44. The Kier molecular flexibility index (Phi) is 4.42. The minimum atomic E-state index is 0.216. The van der Waals surface area contributed by atoms with Gasteiger partial charge in [0.2, 0.25) is 0 Å². The van der Waals surface area contributed by atoms with Gasteiger partial charge in [0.15, 0.2) is 0 Å². The van der Waals surface area contributed by atoms with Crippen LogP contribution in [0.1, 0.15) is 39.2 Å². The van der Waals surface area contributed by atoms with Crippen molar-refractivity contribution in [2.75, 3.05) is 18.0 Å². The zero-order valence-corrected chi connectivity index (χ0v) is 13.0. The Morgan fingerprint density at radius 3 is 2.74 bits per heavy atom. The molecule has 0 aromatic heterocycles. The summed E-state index contributed by atoms with van der Waals surface area (Å²) in [6.45, 7) is 9.04. The maximum atomic E-state index is 6.15. The second-order valence-corrected chi connectivity index (χ2v) is 6.92. The molecule has 1 aromatic carbocycles. The maximum Gasteiger partial charge on any atom is 0.0410 e. The highest BCUT2D eigenvalue weighted by Crippen LogP contribution is 2.35. The number of benzene rings is 1. The Labute approximate surface area is 121 Å². The fourth-order valence-electron chi connectivity index (χ4n) is 2.77. The van der Waals surface area contributed by atoms with E-state index in [4.69, 9.17) is 17.3 Å². The molecule has 2 N–H and O–H groups in total. The summed E-state index contributed by atoms with van der Waals surface area (Å²) < 4.78 is 0. The minimum Gasteiger partial charge on any atom is -0.371 e. The molecule has 0 aliphatic carbocycles. The van der Waals surface area contributed by atoms with Crippen LogP contribution >= 0.6 is 11.6 Å². The van der Waals surface area contributed by atoms with Crippen LogP contribution in [0.2, 0.25) is 5.02 Å². The monoisotopic (exact) mass is 280 g/mol. The molecule has 0 bridgehead atoms. The SMILES string of the molecule is CCC(N)Cc1cc(Cl)ccc1N1CCC(C)(C)C1. The van der Waals surface area contributed by atoms with Gasteiger partial charge in [-0.1, -0.05) is 32.4 Å². The van der Waals surface area contributed by atoms with Crippen LogP contribution in [0.25, 0.3) is 0 Å². The van der Waals surface area contributed by atoms with E-state index >= 15 is 0 Å². The molecular weight excluding hydrogens is 256 g/mol. The van der Waals surface area contributed by atoms with Crippen LogP contribution < -0.4 is 10.6 Å². The average molecular weight is 281 g/mol. The van der Waals surface area contributed by atoms with Gasteiger partial charge in [-0.05, 0) is 48.4 Å². The number of hydrogen-bond donors (Lipinski definition) is 1. The Hall–Kier alpha value is -0.730. The Morgan fingerprint density at radius 2 is 2.16 bits per heavy atom.